The second kappa shape index (κ2) is 6.75. The summed E-state index contributed by atoms with van der Waals surface area (Å²) in [5, 5.41) is 3.47. The van der Waals surface area contributed by atoms with Crippen molar-refractivity contribution in [2.45, 2.75) is 45.1 Å². The van der Waals surface area contributed by atoms with E-state index in [1.54, 1.807) is 0 Å². The van der Waals surface area contributed by atoms with Crippen LogP contribution >= 0.6 is 27.7 Å². The maximum absolute atomic E-state index is 4.60. The normalized spacial score (nSPS) is 16.6. The van der Waals surface area contributed by atoms with Crippen molar-refractivity contribution in [1.82, 2.24) is 9.97 Å². The lowest BCUT2D eigenvalue weighted by Crippen LogP contribution is -2.17. The van der Waals surface area contributed by atoms with Gasteiger partial charge in [-0.1, -0.05) is 6.92 Å². The second-order valence-electron chi connectivity index (χ2n) is 4.74. The van der Waals surface area contributed by atoms with Crippen molar-refractivity contribution >= 4 is 33.5 Å². The van der Waals surface area contributed by atoms with Crippen molar-refractivity contribution in [2.75, 3.05) is 16.8 Å². The summed E-state index contributed by atoms with van der Waals surface area (Å²) in [5.41, 5.74) is 0. The fraction of sp³-hybridized carbons (Fsp3) is 0.692. The van der Waals surface area contributed by atoms with Crippen LogP contribution in [0.2, 0.25) is 0 Å². The topological polar surface area (TPSA) is 37.8 Å². The minimum absolute atomic E-state index is 0.456. The van der Waals surface area contributed by atoms with Crippen LogP contribution in [-0.2, 0) is 0 Å². The Bertz CT molecular complexity index is 396. The number of nitrogens with one attached hydrogen (secondary N) is 1. The van der Waals surface area contributed by atoms with E-state index >= 15 is 0 Å². The second-order valence-corrected chi connectivity index (χ2v) is 6.95. The first-order valence-electron chi connectivity index (χ1n) is 6.57. The summed E-state index contributed by atoms with van der Waals surface area (Å²) in [4.78, 5) is 9.04. The van der Waals surface area contributed by atoms with Gasteiger partial charge in [-0.25, -0.2) is 9.97 Å². The molecule has 0 aromatic carbocycles. The third-order valence-electron chi connectivity index (χ3n) is 2.95. The highest BCUT2D eigenvalue weighted by Crippen LogP contribution is 2.38. The van der Waals surface area contributed by atoms with E-state index in [4.69, 9.17) is 0 Å². The molecule has 1 saturated carbocycles. The molecule has 1 heterocycles. The minimum Gasteiger partial charge on any atom is -0.367 e. The van der Waals surface area contributed by atoms with Gasteiger partial charge in [-0.05, 0) is 53.6 Å². The number of anilines is 1. The lowest BCUT2D eigenvalue weighted by Gasteiger charge is -2.14. The molecule has 0 bridgehead atoms. The molecular formula is C13H20BrN3S. The molecule has 0 radical (unpaired) electrons. The number of nitrogens with zero attached hydrogens (tertiary/aromatic N) is 2. The van der Waals surface area contributed by atoms with Crippen molar-refractivity contribution in [3.8, 4) is 0 Å². The lowest BCUT2D eigenvalue weighted by atomic mass is 10.2. The molecule has 3 nitrogen and oxygen atoms in total. The number of rotatable bonds is 7. The van der Waals surface area contributed by atoms with Crippen LogP contribution in [0.1, 0.15) is 44.9 Å². The molecular weight excluding hydrogens is 310 g/mol. The first-order valence-corrected chi connectivity index (χ1v) is 8.52. The Kier molecular flexibility index (Phi) is 5.30. The van der Waals surface area contributed by atoms with E-state index in [9.17, 15) is 0 Å². The summed E-state index contributed by atoms with van der Waals surface area (Å²) >= 11 is 5.45. The molecule has 0 amide bonds. The predicted octanol–water partition coefficient (Wildman–Crippen LogP) is 4.06. The van der Waals surface area contributed by atoms with Crippen LogP contribution in [0.15, 0.2) is 10.7 Å². The molecule has 1 atom stereocenters. The smallest absolute Gasteiger partial charge is 0.135 e. The minimum atomic E-state index is 0.456. The monoisotopic (exact) mass is 329 g/mol. The molecule has 1 aliphatic carbocycles. The number of halogens is 1. The van der Waals surface area contributed by atoms with E-state index in [0.717, 1.165) is 16.2 Å². The molecule has 1 unspecified atom stereocenters. The van der Waals surface area contributed by atoms with Gasteiger partial charge in [-0.3, -0.25) is 0 Å². The average molecular weight is 330 g/mol. The van der Waals surface area contributed by atoms with Gasteiger partial charge in [-0.15, -0.1) is 0 Å². The SMILES string of the molecule is CCSCCC(C)Nc1cc(Br)nc(C2CC2)n1. The van der Waals surface area contributed by atoms with Gasteiger partial charge in [0.05, 0.1) is 0 Å². The summed E-state index contributed by atoms with van der Waals surface area (Å²) < 4.78 is 0.886. The van der Waals surface area contributed by atoms with Crippen LogP contribution < -0.4 is 5.32 Å². The molecule has 5 heteroatoms. The van der Waals surface area contributed by atoms with Crippen molar-refractivity contribution in [3.63, 3.8) is 0 Å². The zero-order valence-corrected chi connectivity index (χ0v) is 13.4. The highest BCUT2D eigenvalue weighted by molar-refractivity contribution is 9.10. The molecule has 1 aliphatic rings. The van der Waals surface area contributed by atoms with Crippen LogP contribution in [-0.4, -0.2) is 27.5 Å². The number of hydrogen-bond donors (Lipinski definition) is 1. The quantitative estimate of drug-likeness (QED) is 0.604. The first-order chi connectivity index (χ1) is 8.69. The Hall–Kier alpha value is -0.290. The van der Waals surface area contributed by atoms with Crippen molar-refractivity contribution in [2.24, 2.45) is 0 Å². The third-order valence-corrected chi connectivity index (χ3v) is 4.29. The third kappa shape index (κ3) is 4.43. The highest BCUT2D eigenvalue weighted by atomic mass is 79.9. The Balaban J connectivity index is 1.91. The van der Waals surface area contributed by atoms with Gasteiger partial charge in [0.15, 0.2) is 0 Å². The van der Waals surface area contributed by atoms with Crippen molar-refractivity contribution in [1.29, 1.82) is 0 Å². The Morgan fingerprint density at radius 2 is 2.28 bits per heavy atom. The first kappa shape index (κ1) is 14.1. The summed E-state index contributed by atoms with van der Waals surface area (Å²) in [6.45, 7) is 4.41. The molecule has 0 aliphatic heterocycles. The van der Waals surface area contributed by atoms with Gasteiger partial charge in [0.25, 0.3) is 0 Å². The average Bonchev–Trinajstić information content (AvgIpc) is 3.12. The van der Waals surface area contributed by atoms with Gasteiger partial charge in [0.1, 0.15) is 16.2 Å². The number of hydrogen-bond acceptors (Lipinski definition) is 4. The van der Waals surface area contributed by atoms with Gasteiger partial charge in [0.2, 0.25) is 0 Å². The van der Waals surface area contributed by atoms with Crippen molar-refractivity contribution in [3.05, 3.63) is 16.5 Å². The Morgan fingerprint density at radius 1 is 1.50 bits per heavy atom. The van der Waals surface area contributed by atoms with E-state index in [2.05, 4.69) is 45.1 Å². The van der Waals surface area contributed by atoms with Crippen molar-refractivity contribution < 1.29 is 0 Å². The molecule has 0 saturated heterocycles. The predicted molar refractivity (Wildman–Crippen MR) is 82.4 cm³/mol. The van der Waals surface area contributed by atoms with Gasteiger partial charge >= 0.3 is 0 Å². The van der Waals surface area contributed by atoms with E-state index in [1.165, 1.54) is 30.8 Å². The molecule has 1 aromatic rings. The maximum atomic E-state index is 4.60. The van der Waals surface area contributed by atoms with Crippen LogP contribution in [0.25, 0.3) is 0 Å². The van der Waals surface area contributed by atoms with Crippen LogP contribution in [0.3, 0.4) is 0 Å². The van der Waals surface area contributed by atoms with E-state index in [1.807, 2.05) is 17.8 Å². The molecule has 1 aromatic heterocycles. The van der Waals surface area contributed by atoms with Crippen LogP contribution in [0.4, 0.5) is 5.82 Å². The Morgan fingerprint density at radius 3 is 2.94 bits per heavy atom. The van der Waals surface area contributed by atoms with Crippen LogP contribution in [0.5, 0.6) is 0 Å². The van der Waals surface area contributed by atoms with Gasteiger partial charge in [-0.2, -0.15) is 11.8 Å². The molecule has 18 heavy (non-hydrogen) atoms. The summed E-state index contributed by atoms with van der Waals surface area (Å²) in [6, 6.07) is 2.42. The van der Waals surface area contributed by atoms with E-state index < -0.39 is 0 Å². The standard InChI is InChI=1S/C13H20BrN3S/c1-3-18-7-6-9(2)15-12-8-11(14)16-13(17-12)10-4-5-10/h8-10H,3-7H2,1-2H3,(H,15,16,17). The number of thioether (sulfide) groups is 1. The zero-order valence-electron chi connectivity index (χ0n) is 10.9. The largest absolute Gasteiger partial charge is 0.367 e. The molecule has 1 fully saturated rings. The lowest BCUT2D eigenvalue weighted by molar-refractivity contribution is 0.761. The van der Waals surface area contributed by atoms with Gasteiger partial charge in [0, 0.05) is 18.0 Å². The molecule has 0 spiro atoms. The molecule has 100 valence electrons. The number of aromatic nitrogens is 2. The van der Waals surface area contributed by atoms with Gasteiger partial charge < -0.3 is 5.32 Å². The summed E-state index contributed by atoms with van der Waals surface area (Å²) in [6.07, 6.45) is 3.63. The van der Waals surface area contributed by atoms with E-state index in [0.29, 0.717) is 12.0 Å². The Labute approximate surface area is 122 Å². The van der Waals surface area contributed by atoms with Crippen LogP contribution in [0, 0.1) is 0 Å². The fourth-order valence-corrected chi connectivity index (χ4v) is 2.97. The fourth-order valence-electron chi connectivity index (χ4n) is 1.76. The molecule has 1 N–H and O–H groups in total. The van der Waals surface area contributed by atoms with E-state index in [-0.39, 0.29) is 0 Å². The zero-order chi connectivity index (χ0) is 13.0. The highest BCUT2D eigenvalue weighted by Gasteiger charge is 2.27. The maximum Gasteiger partial charge on any atom is 0.135 e. The molecule has 2 rings (SSSR count). The summed E-state index contributed by atoms with van der Waals surface area (Å²) in [7, 11) is 0. The summed E-state index contributed by atoms with van der Waals surface area (Å²) in [5.74, 6) is 4.92.